The summed E-state index contributed by atoms with van der Waals surface area (Å²) in [6, 6.07) is 1.94. The summed E-state index contributed by atoms with van der Waals surface area (Å²) in [5.74, 6) is 0.780. The van der Waals surface area contributed by atoms with Crippen LogP contribution in [0.25, 0.3) is 0 Å². The summed E-state index contributed by atoms with van der Waals surface area (Å²) < 4.78 is 12.1. The minimum absolute atomic E-state index is 0.180. The van der Waals surface area contributed by atoms with Gasteiger partial charge in [-0.2, -0.15) is 0 Å². The molecule has 98 valence electrons. The number of carbonyl (C=O) groups is 1. The van der Waals surface area contributed by atoms with Crippen LogP contribution in [0.3, 0.4) is 0 Å². The molecule has 5 heteroatoms. The van der Waals surface area contributed by atoms with E-state index in [1.165, 1.54) is 0 Å². The van der Waals surface area contributed by atoms with Crippen LogP contribution in [0.2, 0.25) is 0 Å². The van der Waals surface area contributed by atoms with Crippen LogP contribution < -0.4 is 9.47 Å². The molecule has 1 heterocycles. The van der Waals surface area contributed by atoms with Crippen molar-refractivity contribution in [1.29, 1.82) is 0 Å². The van der Waals surface area contributed by atoms with Gasteiger partial charge in [0.05, 0.1) is 0 Å². The first-order chi connectivity index (χ1) is 8.59. The third-order valence-corrected chi connectivity index (χ3v) is 4.01. The maximum absolute atomic E-state index is 10.5. The Labute approximate surface area is 114 Å². The van der Waals surface area contributed by atoms with Crippen molar-refractivity contribution in [2.75, 3.05) is 13.2 Å². The van der Waals surface area contributed by atoms with Gasteiger partial charge in [-0.25, -0.2) is 0 Å². The van der Waals surface area contributed by atoms with Gasteiger partial charge in [0, 0.05) is 16.5 Å². The molecule has 0 radical (unpaired) electrons. The van der Waals surface area contributed by atoms with Gasteiger partial charge in [-0.05, 0) is 31.4 Å². The van der Waals surface area contributed by atoms with Gasteiger partial charge in [-0.1, -0.05) is 15.9 Å². The third kappa shape index (κ3) is 2.77. The van der Waals surface area contributed by atoms with Crippen LogP contribution in [0.4, 0.5) is 0 Å². The fraction of sp³-hybridized carbons (Fsp3) is 0.462. The number of fused-ring (bicyclic) bond motifs is 1. The standard InChI is InChI=1S/C13H15BrO4/c1-8-12(14)9(3-2-4-11(15)16)7-10-13(8)18-6-5-17-10/h7H,2-6H2,1H3,(H,15,16). The lowest BCUT2D eigenvalue weighted by molar-refractivity contribution is -0.137. The quantitative estimate of drug-likeness (QED) is 0.928. The molecule has 1 aromatic rings. The molecule has 0 aliphatic carbocycles. The molecule has 0 saturated carbocycles. The summed E-state index contributed by atoms with van der Waals surface area (Å²) in [7, 11) is 0. The molecule has 0 saturated heterocycles. The molecule has 0 spiro atoms. The van der Waals surface area contributed by atoms with Crippen molar-refractivity contribution in [3.05, 3.63) is 21.7 Å². The van der Waals surface area contributed by atoms with Crippen LogP contribution in [0.1, 0.15) is 24.0 Å². The first-order valence-electron chi connectivity index (χ1n) is 5.89. The normalized spacial score (nSPS) is 13.4. The number of hydrogen-bond acceptors (Lipinski definition) is 3. The number of aliphatic carboxylic acids is 1. The van der Waals surface area contributed by atoms with Crippen LogP contribution in [0.15, 0.2) is 10.5 Å². The van der Waals surface area contributed by atoms with Crippen molar-refractivity contribution in [2.45, 2.75) is 26.2 Å². The van der Waals surface area contributed by atoms with Crippen LogP contribution in [0, 0.1) is 6.92 Å². The van der Waals surface area contributed by atoms with Crippen molar-refractivity contribution >= 4 is 21.9 Å². The summed E-state index contributed by atoms with van der Waals surface area (Å²) in [6.45, 7) is 3.10. The molecule has 18 heavy (non-hydrogen) atoms. The molecule has 1 N–H and O–H groups in total. The van der Waals surface area contributed by atoms with E-state index in [-0.39, 0.29) is 6.42 Å². The Morgan fingerprint density at radius 1 is 1.44 bits per heavy atom. The SMILES string of the molecule is Cc1c(Br)c(CCCC(=O)O)cc2c1OCCO2. The first-order valence-corrected chi connectivity index (χ1v) is 6.68. The molecule has 0 bridgehead atoms. The zero-order valence-corrected chi connectivity index (χ0v) is 11.7. The minimum atomic E-state index is -0.764. The van der Waals surface area contributed by atoms with E-state index in [1.54, 1.807) is 0 Å². The van der Waals surface area contributed by atoms with E-state index in [9.17, 15) is 4.79 Å². The summed E-state index contributed by atoms with van der Waals surface area (Å²) in [4.78, 5) is 10.5. The van der Waals surface area contributed by atoms with Crippen LogP contribution in [0.5, 0.6) is 11.5 Å². The molecular formula is C13H15BrO4. The van der Waals surface area contributed by atoms with Gasteiger partial charge in [0.25, 0.3) is 0 Å². The second-order valence-corrected chi connectivity index (χ2v) is 5.04. The predicted octanol–water partition coefficient (Wildman–Crippen LogP) is 2.94. The van der Waals surface area contributed by atoms with E-state index in [1.807, 2.05) is 13.0 Å². The first kappa shape index (κ1) is 13.2. The molecule has 0 aromatic heterocycles. The summed E-state index contributed by atoms with van der Waals surface area (Å²) >= 11 is 3.54. The van der Waals surface area contributed by atoms with E-state index in [0.29, 0.717) is 26.1 Å². The fourth-order valence-electron chi connectivity index (χ4n) is 2.01. The molecule has 1 aromatic carbocycles. The second kappa shape index (κ2) is 5.61. The molecule has 4 nitrogen and oxygen atoms in total. The highest BCUT2D eigenvalue weighted by molar-refractivity contribution is 9.10. The second-order valence-electron chi connectivity index (χ2n) is 4.25. The largest absolute Gasteiger partial charge is 0.486 e. The fourth-order valence-corrected chi connectivity index (χ4v) is 2.50. The van der Waals surface area contributed by atoms with E-state index >= 15 is 0 Å². The topological polar surface area (TPSA) is 55.8 Å². The average Bonchev–Trinajstić information content (AvgIpc) is 2.35. The number of halogens is 1. The molecule has 0 amide bonds. The van der Waals surface area contributed by atoms with Crippen molar-refractivity contribution in [2.24, 2.45) is 0 Å². The summed E-state index contributed by atoms with van der Waals surface area (Å²) in [5, 5.41) is 8.65. The number of ether oxygens (including phenoxy) is 2. The molecule has 0 fully saturated rings. The highest BCUT2D eigenvalue weighted by atomic mass is 79.9. The lowest BCUT2D eigenvalue weighted by Crippen LogP contribution is -2.16. The molecule has 0 atom stereocenters. The lowest BCUT2D eigenvalue weighted by atomic mass is 10.0. The number of hydrogen-bond donors (Lipinski definition) is 1. The summed E-state index contributed by atoms with van der Waals surface area (Å²) in [5.41, 5.74) is 2.08. The predicted molar refractivity (Wildman–Crippen MR) is 70.4 cm³/mol. The van der Waals surface area contributed by atoms with Gasteiger partial charge in [0.15, 0.2) is 11.5 Å². The molecule has 2 rings (SSSR count). The van der Waals surface area contributed by atoms with Crippen molar-refractivity contribution in [3.63, 3.8) is 0 Å². The molecule has 1 aliphatic rings. The molecular weight excluding hydrogens is 300 g/mol. The van der Waals surface area contributed by atoms with Gasteiger partial charge in [-0.15, -0.1) is 0 Å². The number of aryl methyl sites for hydroxylation is 1. The zero-order valence-electron chi connectivity index (χ0n) is 10.2. The zero-order chi connectivity index (χ0) is 13.1. The highest BCUT2D eigenvalue weighted by Crippen LogP contribution is 2.40. The van der Waals surface area contributed by atoms with Crippen LogP contribution in [-0.2, 0) is 11.2 Å². The van der Waals surface area contributed by atoms with Gasteiger partial charge in [0.1, 0.15) is 13.2 Å². The average molecular weight is 315 g/mol. The van der Waals surface area contributed by atoms with Crippen LogP contribution >= 0.6 is 15.9 Å². The molecule has 1 aliphatic heterocycles. The van der Waals surface area contributed by atoms with E-state index in [0.717, 1.165) is 27.1 Å². The van der Waals surface area contributed by atoms with Gasteiger partial charge in [-0.3, -0.25) is 4.79 Å². The van der Waals surface area contributed by atoms with Gasteiger partial charge >= 0.3 is 5.97 Å². The number of carboxylic acids is 1. The maximum Gasteiger partial charge on any atom is 0.303 e. The monoisotopic (exact) mass is 314 g/mol. The van der Waals surface area contributed by atoms with Crippen molar-refractivity contribution in [1.82, 2.24) is 0 Å². The molecule has 0 unspecified atom stereocenters. The minimum Gasteiger partial charge on any atom is -0.486 e. The van der Waals surface area contributed by atoms with E-state index < -0.39 is 5.97 Å². The number of rotatable bonds is 4. The third-order valence-electron chi connectivity index (χ3n) is 2.90. The van der Waals surface area contributed by atoms with Gasteiger partial charge < -0.3 is 14.6 Å². The number of benzene rings is 1. The van der Waals surface area contributed by atoms with Crippen molar-refractivity contribution in [3.8, 4) is 11.5 Å². The van der Waals surface area contributed by atoms with Gasteiger partial charge in [0.2, 0.25) is 0 Å². The smallest absolute Gasteiger partial charge is 0.303 e. The van der Waals surface area contributed by atoms with E-state index in [4.69, 9.17) is 14.6 Å². The number of carboxylic acid groups (broad SMARTS) is 1. The Bertz CT molecular complexity index is 471. The maximum atomic E-state index is 10.5. The Kier molecular flexibility index (Phi) is 4.11. The summed E-state index contributed by atoms with van der Waals surface area (Å²) in [6.07, 6.45) is 1.51. The lowest BCUT2D eigenvalue weighted by Gasteiger charge is -2.22. The van der Waals surface area contributed by atoms with Crippen LogP contribution in [-0.4, -0.2) is 24.3 Å². The highest BCUT2D eigenvalue weighted by Gasteiger charge is 2.19. The Hall–Kier alpha value is -1.23. The van der Waals surface area contributed by atoms with Crippen molar-refractivity contribution < 1.29 is 19.4 Å². The Morgan fingerprint density at radius 3 is 2.89 bits per heavy atom. The Morgan fingerprint density at radius 2 is 2.17 bits per heavy atom. The van der Waals surface area contributed by atoms with E-state index in [2.05, 4.69) is 15.9 Å². The Balaban J connectivity index is 2.20.